The molecule has 0 saturated carbocycles. The van der Waals surface area contributed by atoms with Crippen LogP contribution in [0.3, 0.4) is 0 Å². The highest BCUT2D eigenvalue weighted by molar-refractivity contribution is 7.99. The van der Waals surface area contributed by atoms with E-state index >= 15 is 0 Å². The second-order valence-electron chi connectivity index (χ2n) is 6.46. The van der Waals surface area contributed by atoms with E-state index in [9.17, 15) is 4.79 Å². The van der Waals surface area contributed by atoms with Crippen LogP contribution in [0.1, 0.15) is 23.6 Å². The van der Waals surface area contributed by atoms with Crippen molar-refractivity contribution in [3.05, 3.63) is 77.4 Å². The van der Waals surface area contributed by atoms with Crippen molar-refractivity contribution in [1.82, 2.24) is 20.2 Å². The Hall–Kier alpha value is -2.99. The van der Waals surface area contributed by atoms with Gasteiger partial charge in [0.25, 0.3) is 0 Å². The number of rotatable bonds is 6. The predicted molar refractivity (Wildman–Crippen MR) is 108 cm³/mol. The van der Waals surface area contributed by atoms with Crippen molar-refractivity contribution < 1.29 is 4.79 Å². The molecule has 0 radical (unpaired) electrons. The summed E-state index contributed by atoms with van der Waals surface area (Å²) in [5.74, 6) is 0.424. The molecule has 1 heterocycles. The summed E-state index contributed by atoms with van der Waals surface area (Å²) in [5, 5.41) is 12.5. The first-order valence-corrected chi connectivity index (χ1v) is 9.59. The highest BCUT2D eigenvalue weighted by atomic mass is 32.2. The Morgan fingerprint density at radius 1 is 1.19 bits per heavy atom. The van der Waals surface area contributed by atoms with Gasteiger partial charge in [0.1, 0.15) is 0 Å². The summed E-state index contributed by atoms with van der Waals surface area (Å²) >= 11 is 1.35. The fourth-order valence-corrected chi connectivity index (χ4v) is 3.80. The van der Waals surface area contributed by atoms with E-state index in [0.29, 0.717) is 17.3 Å². The number of nitrogens with zero attached hydrogens (tertiary/aromatic N) is 4. The van der Waals surface area contributed by atoms with Crippen molar-refractivity contribution in [3.63, 3.8) is 0 Å². The minimum Gasteiger partial charge on any atom is -0.294 e. The normalized spacial score (nSPS) is 12.6. The largest absolute Gasteiger partial charge is 0.294 e. The van der Waals surface area contributed by atoms with Gasteiger partial charge in [-0.15, -0.1) is 5.10 Å². The summed E-state index contributed by atoms with van der Waals surface area (Å²) in [6, 6.07) is 16.0. The number of carbonyl (C=O) groups excluding carboxylic acids is 1. The number of hydrogen-bond donors (Lipinski definition) is 0. The third kappa shape index (κ3) is 3.61. The molecule has 4 rings (SSSR count). The maximum Gasteiger partial charge on any atom is 0.214 e. The lowest BCUT2D eigenvalue weighted by Gasteiger charge is -2.06. The molecule has 0 N–H and O–H groups in total. The monoisotopic (exact) mass is 374 g/mol. The Morgan fingerprint density at radius 2 is 1.96 bits per heavy atom. The Kier molecular flexibility index (Phi) is 4.73. The lowest BCUT2D eigenvalue weighted by molar-refractivity contribution is -0.113. The van der Waals surface area contributed by atoms with Crippen LogP contribution in [0.15, 0.2) is 65.8 Å². The number of carbonyl (C=O) groups is 1. The molecule has 134 valence electrons. The second kappa shape index (κ2) is 7.32. The SMILES string of the molecule is C=C(C)c1ccc(-n2nnnc2SCC(=O)C2=Cc3ccccc3C2)cc1. The molecule has 1 aliphatic rings. The molecule has 27 heavy (non-hydrogen) atoms. The van der Waals surface area contributed by atoms with Crippen molar-refractivity contribution in [2.45, 2.75) is 18.5 Å². The zero-order valence-corrected chi connectivity index (χ0v) is 15.7. The highest BCUT2D eigenvalue weighted by Gasteiger charge is 2.19. The summed E-state index contributed by atoms with van der Waals surface area (Å²) in [7, 11) is 0. The van der Waals surface area contributed by atoms with E-state index in [2.05, 4.69) is 28.2 Å². The number of allylic oxidation sites excluding steroid dienone is 2. The molecule has 5 nitrogen and oxygen atoms in total. The average molecular weight is 374 g/mol. The summed E-state index contributed by atoms with van der Waals surface area (Å²) in [6.07, 6.45) is 2.68. The van der Waals surface area contributed by atoms with E-state index in [1.54, 1.807) is 4.68 Å². The third-order valence-electron chi connectivity index (χ3n) is 4.50. The van der Waals surface area contributed by atoms with E-state index in [0.717, 1.165) is 28.0 Å². The number of ketones is 1. The molecule has 0 aliphatic heterocycles. The standard InChI is InChI=1S/C21H18N4OS/c1-14(2)15-7-9-19(10-8-15)25-21(22-23-24-25)27-13-20(26)18-11-16-5-3-4-6-17(16)12-18/h3-11H,1,12-13H2,2H3. The summed E-state index contributed by atoms with van der Waals surface area (Å²) in [4.78, 5) is 12.6. The van der Waals surface area contributed by atoms with Crippen molar-refractivity contribution in [1.29, 1.82) is 0 Å². The van der Waals surface area contributed by atoms with Crippen LogP contribution in [0.25, 0.3) is 17.3 Å². The van der Waals surface area contributed by atoms with Crippen molar-refractivity contribution in [2.75, 3.05) is 5.75 Å². The molecule has 2 aromatic carbocycles. The lowest BCUT2D eigenvalue weighted by Crippen LogP contribution is -2.07. The fourth-order valence-electron chi connectivity index (χ4n) is 3.00. The maximum atomic E-state index is 12.6. The van der Waals surface area contributed by atoms with Crippen LogP contribution in [-0.2, 0) is 11.2 Å². The lowest BCUT2D eigenvalue weighted by atomic mass is 10.1. The first-order valence-electron chi connectivity index (χ1n) is 8.61. The fraction of sp³-hybridized carbons (Fsp3) is 0.143. The highest BCUT2D eigenvalue weighted by Crippen LogP contribution is 2.27. The Labute approximate surface area is 161 Å². The molecule has 3 aromatic rings. The van der Waals surface area contributed by atoms with Gasteiger partial charge in [-0.3, -0.25) is 4.79 Å². The van der Waals surface area contributed by atoms with Gasteiger partial charge in [-0.25, -0.2) is 0 Å². The van der Waals surface area contributed by atoms with Gasteiger partial charge in [0, 0.05) is 12.0 Å². The first kappa shape index (κ1) is 17.4. The summed E-state index contributed by atoms with van der Waals surface area (Å²) in [6.45, 7) is 5.91. The smallest absolute Gasteiger partial charge is 0.214 e. The maximum absolute atomic E-state index is 12.6. The van der Waals surface area contributed by atoms with Gasteiger partial charge in [0.2, 0.25) is 5.16 Å². The quantitative estimate of drug-likeness (QED) is 0.611. The number of fused-ring (bicyclic) bond motifs is 1. The number of hydrogen-bond acceptors (Lipinski definition) is 5. The van der Waals surface area contributed by atoms with Crippen molar-refractivity contribution >= 4 is 29.2 Å². The number of thioether (sulfide) groups is 1. The molecular weight excluding hydrogens is 356 g/mol. The number of benzene rings is 2. The van der Waals surface area contributed by atoms with Gasteiger partial charge in [-0.2, -0.15) is 4.68 Å². The summed E-state index contributed by atoms with van der Waals surface area (Å²) < 4.78 is 1.65. The van der Waals surface area contributed by atoms with Crippen LogP contribution in [0.5, 0.6) is 0 Å². The minimum atomic E-state index is 0.114. The Balaban J connectivity index is 1.45. The molecular formula is C21H18N4OS. The molecule has 0 spiro atoms. The molecule has 0 amide bonds. The van der Waals surface area contributed by atoms with E-state index in [4.69, 9.17) is 0 Å². The number of Topliss-reactive ketones (excluding diaryl/α,β-unsaturated/α-hetero) is 1. The first-order chi connectivity index (χ1) is 13.1. The van der Waals surface area contributed by atoms with Gasteiger partial charge >= 0.3 is 0 Å². The van der Waals surface area contributed by atoms with Crippen molar-refractivity contribution in [2.24, 2.45) is 0 Å². The summed E-state index contributed by atoms with van der Waals surface area (Å²) in [5.41, 5.74) is 6.11. The van der Waals surface area contributed by atoms with Crippen LogP contribution in [0.4, 0.5) is 0 Å². The molecule has 6 heteroatoms. The van der Waals surface area contributed by atoms with E-state index < -0.39 is 0 Å². The van der Waals surface area contributed by atoms with Crippen LogP contribution < -0.4 is 0 Å². The van der Waals surface area contributed by atoms with Crippen molar-refractivity contribution in [3.8, 4) is 5.69 Å². The molecule has 0 bridgehead atoms. The average Bonchev–Trinajstić information content (AvgIpc) is 3.33. The number of aromatic nitrogens is 4. The van der Waals surface area contributed by atoms with E-state index in [1.807, 2.05) is 55.5 Å². The van der Waals surface area contributed by atoms with Crippen LogP contribution in [0, 0.1) is 0 Å². The zero-order chi connectivity index (χ0) is 18.8. The molecule has 0 atom stereocenters. The van der Waals surface area contributed by atoms with Crippen LogP contribution in [-0.4, -0.2) is 31.7 Å². The van der Waals surface area contributed by atoms with Crippen LogP contribution >= 0.6 is 11.8 Å². The van der Waals surface area contributed by atoms with Gasteiger partial charge < -0.3 is 0 Å². The molecule has 0 fully saturated rings. The van der Waals surface area contributed by atoms with Gasteiger partial charge in [-0.05, 0) is 52.2 Å². The van der Waals surface area contributed by atoms with E-state index in [-0.39, 0.29) is 5.78 Å². The van der Waals surface area contributed by atoms with Crippen LogP contribution in [0.2, 0.25) is 0 Å². The van der Waals surface area contributed by atoms with E-state index in [1.165, 1.54) is 17.3 Å². The second-order valence-corrected chi connectivity index (χ2v) is 7.40. The Morgan fingerprint density at radius 3 is 2.70 bits per heavy atom. The topological polar surface area (TPSA) is 60.7 Å². The molecule has 1 aromatic heterocycles. The minimum absolute atomic E-state index is 0.114. The molecule has 0 saturated heterocycles. The Bertz CT molecular complexity index is 1050. The number of tetrazole rings is 1. The van der Waals surface area contributed by atoms with Gasteiger partial charge in [0.05, 0.1) is 11.4 Å². The predicted octanol–water partition coefficient (Wildman–Crippen LogP) is 4.00. The molecule has 0 unspecified atom stereocenters. The zero-order valence-electron chi connectivity index (χ0n) is 14.9. The third-order valence-corrected chi connectivity index (χ3v) is 5.42. The van der Waals surface area contributed by atoms with Gasteiger partial charge in [-0.1, -0.05) is 60.3 Å². The molecule has 1 aliphatic carbocycles. The van der Waals surface area contributed by atoms with Gasteiger partial charge in [0.15, 0.2) is 5.78 Å².